The molecule has 1 rings (SSSR count). The molecular formula is C14H25NSi. The van der Waals surface area contributed by atoms with Crippen molar-refractivity contribution < 1.29 is 0 Å². The summed E-state index contributed by atoms with van der Waals surface area (Å²) in [4.78, 5) is 0. The molecule has 0 saturated heterocycles. The van der Waals surface area contributed by atoms with Crippen molar-refractivity contribution in [2.24, 2.45) is 0 Å². The Hall–Kier alpha value is -0.603. The van der Waals surface area contributed by atoms with E-state index in [0.717, 1.165) is 13.1 Å². The van der Waals surface area contributed by atoms with E-state index in [-0.39, 0.29) is 0 Å². The molecule has 0 aliphatic carbocycles. The maximum absolute atomic E-state index is 3.49. The van der Waals surface area contributed by atoms with Gasteiger partial charge in [-0.05, 0) is 24.1 Å². The van der Waals surface area contributed by atoms with E-state index in [4.69, 9.17) is 0 Å². The summed E-state index contributed by atoms with van der Waals surface area (Å²) in [5.74, 6) is 0.688. The zero-order chi connectivity index (χ0) is 12.0. The Morgan fingerprint density at radius 2 is 1.75 bits per heavy atom. The molecule has 0 saturated carbocycles. The quantitative estimate of drug-likeness (QED) is 0.741. The van der Waals surface area contributed by atoms with Crippen LogP contribution < -0.4 is 5.32 Å². The molecule has 1 nitrogen and oxygen atoms in total. The zero-order valence-electron chi connectivity index (χ0n) is 11.1. The number of rotatable bonds is 6. The van der Waals surface area contributed by atoms with Crippen LogP contribution in [0, 0.1) is 0 Å². The molecule has 90 valence electrons. The van der Waals surface area contributed by atoms with Gasteiger partial charge in [-0.25, -0.2) is 0 Å². The van der Waals surface area contributed by atoms with Gasteiger partial charge in [0.15, 0.2) is 0 Å². The van der Waals surface area contributed by atoms with Crippen LogP contribution in [0.1, 0.15) is 18.4 Å². The van der Waals surface area contributed by atoms with Crippen LogP contribution in [0.15, 0.2) is 30.3 Å². The Bertz CT molecular complexity index is 289. The van der Waals surface area contributed by atoms with Crippen LogP contribution in [-0.2, 0) is 0 Å². The van der Waals surface area contributed by atoms with Crippen molar-refractivity contribution in [3.63, 3.8) is 0 Å². The van der Waals surface area contributed by atoms with Crippen molar-refractivity contribution >= 4 is 8.07 Å². The van der Waals surface area contributed by atoms with E-state index < -0.39 is 8.07 Å². The smallest absolute Gasteiger partial charge is 0.0449 e. The summed E-state index contributed by atoms with van der Waals surface area (Å²) in [6, 6.07) is 12.3. The van der Waals surface area contributed by atoms with Crippen LogP contribution in [0.5, 0.6) is 0 Å². The van der Waals surface area contributed by atoms with E-state index in [1.54, 1.807) is 0 Å². The van der Waals surface area contributed by atoms with E-state index in [2.05, 4.69) is 62.2 Å². The molecule has 0 aliphatic heterocycles. The maximum atomic E-state index is 3.49. The van der Waals surface area contributed by atoms with Crippen molar-refractivity contribution in [2.45, 2.75) is 38.5 Å². The first-order valence-electron chi connectivity index (χ1n) is 6.28. The van der Waals surface area contributed by atoms with Crippen molar-refractivity contribution in [2.75, 3.05) is 13.1 Å². The highest BCUT2D eigenvalue weighted by molar-refractivity contribution is 6.76. The number of hydrogen-bond acceptors (Lipinski definition) is 1. The lowest BCUT2D eigenvalue weighted by molar-refractivity contribution is 0.629. The lowest BCUT2D eigenvalue weighted by Gasteiger charge is -2.25. The van der Waals surface area contributed by atoms with Crippen molar-refractivity contribution in [3.05, 3.63) is 35.9 Å². The second-order valence-electron chi connectivity index (χ2n) is 5.68. The SMILES string of the molecule is CCNCC(C[Si](C)(C)C)c1ccccc1. The molecule has 0 fully saturated rings. The predicted octanol–water partition coefficient (Wildman–Crippen LogP) is 3.72. The Balaban J connectivity index is 2.71. The van der Waals surface area contributed by atoms with Gasteiger partial charge in [0.1, 0.15) is 0 Å². The molecule has 16 heavy (non-hydrogen) atoms. The highest BCUT2D eigenvalue weighted by Gasteiger charge is 2.21. The number of benzene rings is 1. The normalized spacial score (nSPS) is 13.8. The molecule has 0 heterocycles. The van der Waals surface area contributed by atoms with Gasteiger partial charge in [-0.1, -0.05) is 56.9 Å². The molecule has 0 radical (unpaired) electrons. The first kappa shape index (κ1) is 13.5. The summed E-state index contributed by atoms with van der Waals surface area (Å²) in [7, 11) is -0.993. The monoisotopic (exact) mass is 235 g/mol. The van der Waals surface area contributed by atoms with Gasteiger partial charge >= 0.3 is 0 Å². The minimum Gasteiger partial charge on any atom is -0.316 e. The molecule has 1 aromatic carbocycles. The van der Waals surface area contributed by atoms with E-state index in [9.17, 15) is 0 Å². The molecule has 0 amide bonds. The van der Waals surface area contributed by atoms with Gasteiger partial charge in [0, 0.05) is 14.6 Å². The van der Waals surface area contributed by atoms with E-state index in [1.807, 2.05) is 0 Å². The van der Waals surface area contributed by atoms with Gasteiger partial charge in [0.2, 0.25) is 0 Å². The highest BCUT2D eigenvalue weighted by atomic mass is 28.3. The Labute approximate surface area is 101 Å². The van der Waals surface area contributed by atoms with Gasteiger partial charge in [-0.2, -0.15) is 0 Å². The summed E-state index contributed by atoms with van der Waals surface area (Å²) in [6.07, 6.45) is 0. The van der Waals surface area contributed by atoms with E-state index in [0.29, 0.717) is 5.92 Å². The fourth-order valence-corrected chi connectivity index (χ4v) is 3.95. The maximum Gasteiger partial charge on any atom is 0.0449 e. The van der Waals surface area contributed by atoms with E-state index >= 15 is 0 Å². The van der Waals surface area contributed by atoms with Gasteiger partial charge in [0.05, 0.1) is 0 Å². The zero-order valence-corrected chi connectivity index (χ0v) is 12.1. The summed E-state index contributed by atoms with van der Waals surface area (Å²) in [5.41, 5.74) is 1.49. The van der Waals surface area contributed by atoms with Crippen LogP contribution in [0.4, 0.5) is 0 Å². The molecule has 0 bridgehead atoms. The molecule has 0 aromatic heterocycles. The molecule has 0 spiro atoms. The van der Waals surface area contributed by atoms with Crippen LogP contribution >= 0.6 is 0 Å². The largest absolute Gasteiger partial charge is 0.316 e. The van der Waals surface area contributed by atoms with Crippen molar-refractivity contribution in [1.82, 2.24) is 5.32 Å². The minimum atomic E-state index is -0.993. The molecule has 1 N–H and O–H groups in total. The Morgan fingerprint density at radius 1 is 1.12 bits per heavy atom. The highest BCUT2D eigenvalue weighted by Crippen LogP contribution is 2.25. The third-order valence-corrected chi connectivity index (χ3v) is 4.49. The van der Waals surface area contributed by atoms with Gasteiger partial charge in [-0.3, -0.25) is 0 Å². The molecule has 2 heteroatoms. The lowest BCUT2D eigenvalue weighted by atomic mass is 10.0. The summed E-state index contributed by atoms with van der Waals surface area (Å²) in [6.45, 7) is 11.7. The predicted molar refractivity (Wildman–Crippen MR) is 75.9 cm³/mol. The summed E-state index contributed by atoms with van der Waals surface area (Å²) < 4.78 is 0. The van der Waals surface area contributed by atoms with Crippen molar-refractivity contribution in [1.29, 1.82) is 0 Å². The number of nitrogens with one attached hydrogen (secondary N) is 1. The topological polar surface area (TPSA) is 12.0 Å². The average Bonchev–Trinajstić information content (AvgIpc) is 2.24. The summed E-state index contributed by atoms with van der Waals surface area (Å²) in [5, 5.41) is 3.49. The van der Waals surface area contributed by atoms with Crippen LogP contribution in [0.2, 0.25) is 25.7 Å². The molecule has 1 aromatic rings. The second kappa shape index (κ2) is 6.21. The number of hydrogen-bond donors (Lipinski definition) is 1. The fraction of sp³-hybridized carbons (Fsp3) is 0.571. The average molecular weight is 235 g/mol. The first-order valence-corrected chi connectivity index (χ1v) is 9.99. The second-order valence-corrected chi connectivity index (χ2v) is 11.2. The van der Waals surface area contributed by atoms with Gasteiger partial charge < -0.3 is 5.32 Å². The van der Waals surface area contributed by atoms with E-state index in [1.165, 1.54) is 11.6 Å². The van der Waals surface area contributed by atoms with Gasteiger partial charge in [-0.15, -0.1) is 0 Å². The van der Waals surface area contributed by atoms with Crippen molar-refractivity contribution in [3.8, 4) is 0 Å². The lowest BCUT2D eigenvalue weighted by Crippen LogP contribution is -2.29. The number of likely N-dealkylation sites (N-methyl/N-ethyl adjacent to an activating group) is 1. The Kier molecular flexibility index (Phi) is 5.23. The van der Waals surface area contributed by atoms with Gasteiger partial charge in [0.25, 0.3) is 0 Å². The van der Waals surface area contributed by atoms with Crippen LogP contribution in [0.3, 0.4) is 0 Å². The third-order valence-electron chi connectivity index (χ3n) is 2.77. The molecule has 0 aliphatic rings. The molecular weight excluding hydrogens is 210 g/mol. The molecule has 1 atom stereocenters. The third kappa shape index (κ3) is 4.95. The fourth-order valence-electron chi connectivity index (χ4n) is 2.09. The Morgan fingerprint density at radius 3 is 2.25 bits per heavy atom. The minimum absolute atomic E-state index is 0.688. The van der Waals surface area contributed by atoms with Crippen LogP contribution in [-0.4, -0.2) is 21.2 Å². The molecule has 1 unspecified atom stereocenters. The first-order chi connectivity index (χ1) is 7.53. The van der Waals surface area contributed by atoms with Crippen LogP contribution in [0.25, 0.3) is 0 Å². The standard InChI is InChI=1S/C14H25NSi/c1-5-15-11-14(12-16(2,3)4)13-9-7-6-8-10-13/h6-10,14-15H,5,11-12H2,1-4H3. The summed E-state index contributed by atoms with van der Waals surface area (Å²) >= 11 is 0.